The minimum Gasteiger partial charge on any atom is -0.508 e. The molecule has 0 atom stereocenters. The number of aromatic hydroxyl groups is 1. The first kappa shape index (κ1) is 12.5. The van der Waals surface area contributed by atoms with E-state index in [-0.39, 0.29) is 18.1 Å². The fraction of sp³-hybridized carbons (Fsp3) is 0.250. The summed E-state index contributed by atoms with van der Waals surface area (Å²) < 4.78 is 0. The summed E-state index contributed by atoms with van der Waals surface area (Å²) in [6, 6.07) is 6.55. The predicted octanol–water partition coefficient (Wildman–Crippen LogP) is 1.99. The lowest BCUT2D eigenvalue weighted by Gasteiger charge is -2.01. The highest BCUT2D eigenvalue weighted by Crippen LogP contribution is 2.16. The Morgan fingerprint density at radius 2 is 2.06 bits per heavy atom. The molecule has 1 aromatic carbocycles. The summed E-state index contributed by atoms with van der Waals surface area (Å²) in [6.07, 6.45) is 1.06. The minimum atomic E-state index is -0.139. The van der Waals surface area contributed by atoms with E-state index in [1.165, 1.54) is 11.3 Å². The number of benzene rings is 1. The van der Waals surface area contributed by atoms with Gasteiger partial charge in [-0.3, -0.25) is 4.79 Å². The molecule has 0 saturated heterocycles. The van der Waals surface area contributed by atoms with Gasteiger partial charge in [0.15, 0.2) is 0 Å². The van der Waals surface area contributed by atoms with Gasteiger partial charge in [0.2, 0.25) is 11.0 Å². The second kappa shape index (κ2) is 5.59. The third kappa shape index (κ3) is 3.27. The number of phenolic OH excluding ortho intramolecular Hbond substituents is 1. The molecule has 1 heterocycles. The van der Waals surface area contributed by atoms with Gasteiger partial charge >= 0.3 is 0 Å². The van der Waals surface area contributed by atoms with Crippen LogP contribution >= 0.6 is 11.3 Å². The Morgan fingerprint density at radius 1 is 1.33 bits per heavy atom. The van der Waals surface area contributed by atoms with Gasteiger partial charge in [0.25, 0.3) is 0 Å². The summed E-state index contributed by atoms with van der Waals surface area (Å²) in [4.78, 5) is 11.7. The molecule has 1 aromatic heterocycles. The van der Waals surface area contributed by atoms with Crippen LogP contribution in [-0.2, 0) is 17.6 Å². The van der Waals surface area contributed by atoms with Gasteiger partial charge in [-0.1, -0.05) is 30.4 Å². The van der Waals surface area contributed by atoms with E-state index in [1.54, 1.807) is 24.3 Å². The van der Waals surface area contributed by atoms with Crippen molar-refractivity contribution in [3.8, 4) is 5.75 Å². The third-order valence-corrected chi connectivity index (χ3v) is 3.30. The molecule has 0 aliphatic heterocycles. The first-order chi connectivity index (χ1) is 8.67. The number of nitrogens with zero attached hydrogens (tertiary/aromatic N) is 2. The molecular formula is C12H13N3O2S. The molecule has 0 radical (unpaired) electrons. The van der Waals surface area contributed by atoms with Gasteiger partial charge in [-0.05, 0) is 24.1 Å². The summed E-state index contributed by atoms with van der Waals surface area (Å²) >= 11 is 1.38. The normalized spacial score (nSPS) is 10.3. The number of rotatable bonds is 4. The molecule has 2 aromatic rings. The van der Waals surface area contributed by atoms with Crippen LogP contribution in [0.3, 0.4) is 0 Å². The molecular weight excluding hydrogens is 250 g/mol. The smallest absolute Gasteiger partial charge is 0.230 e. The number of phenols is 1. The van der Waals surface area contributed by atoms with E-state index in [0.29, 0.717) is 5.13 Å². The summed E-state index contributed by atoms with van der Waals surface area (Å²) in [7, 11) is 0. The number of carbonyl (C=O) groups excluding carboxylic acids is 1. The molecule has 0 bridgehead atoms. The Morgan fingerprint density at radius 3 is 2.67 bits per heavy atom. The summed E-state index contributed by atoms with van der Waals surface area (Å²) in [5.74, 6) is 0.0513. The van der Waals surface area contributed by atoms with Crippen LogP contribution in [0.4, 0.5) is 5.13 Å². The molecule has 2 rings (SSSR count). The molecule has 18 heavy (non-hydrogen) atoms. The van der Waals surface area contributed by atoms with E-state index in [2.05, 4.69) is 15.5 Å². The van der Waals surface area contributed by atoms with Crippen molar-refractivity contribution in [2.75, 3.05) is 5.32 Å². The van der Waals surface area contributed by atoms with Crippen LogP contribution in [0.1, 0.15) is 17.5 Å². The van der Waals surface area contributed by atoms with Gasteiger partial charge in [-0.25, -0.2) is 0 Å². The van der Waals surface area contributed by atoms with Crippen LogP contribution in [0, 0.1) is 0 Å². The maximum absolute atomic E-state index is 11.7. The monoisotopic (exact) mass is 263 g/mol. The molecule has 0 spiro atoms. The SMILES string of the molecule is CCc1nnc(NC(=O)Cc2ccc(O)cc2)s1. The number of anilines is 1. The van der Waals surface area contributed by atoms with Crippen LogP contribution in [0.5, 0.6) is 5.75 Å². The average Bonchev–Trinajstić information content (AvgIpc) is 2.79. The van der Waals surface area contributed by atoms with Gasteiger partial charge in [-0.2, -0.15) is 0 Å². The van der Waals surface area contributed by atoms with Crippen molar-refractivity contribution in [2.24, 2.45) is 0 Å². The lowest BCUT2D eigenvalue weighted by atomic mass is 10.1. The number of hydrogen-bond donors (Lipinski definition) is 2. The van der Waals surface area contributed by atoms with E-state index >= 15 is 0 Å². The number of carbonyl (C=O) groups is 1. The average molecular weight is 263 g/mol. The largest absolute Gasteiger partial charge is 0.508 e. The second-order valence-corrected chi connectivity index (χ2v) is 4.81. The van der Waals surface area contributed by atoms with Crippen molar-refractivity contribution in [3.63, 3.8) is 0 Å². The Hall–Kier alpha value is -1.95. The van der Waals surface area contributed by atoms with Crippen LogP contribution in [0.15, 0.2) is 24.3 Å². The third-order valence-electron chi connectivity index (χ3n) is 2.32. The van der Waals surface area contributed by atoms with Crippen LogP contribution in [-0.4, -0.2) is 21.2 Å². The quantitative estimate of drug-likeness (QED) is 0.884. The van der Waals surface area contributed by atoms with Crippen LogP contribution in [0.2, 0.25) is 0 Å². The van der Waals surface area contributed by atoms with Crippen molar-refractivity contribution in [1.82, 2.24) is 10.2 Å². The van der Waals surface area contributed by atoms with Crippen molar-refractivity contribution >= 4 is 22.4 Å². The molecule has 94 valence electrons. The van der Waals surface area contributed by atoms with Crippen molar-refractivity contribution in [2.45, 2.75) is 19.8 Å². The first-order valence-electron chi connectivity index (χ1n) is 5.57. The Labute approximate surface area is 109 Å². The molecule has 0 aliphatic carbocycles. The highest BCUT2D eigenvalue weighted by Gasteiger charge is 2.08. The van der Waals surface area contributed by atoms with Gasteiger partial charge in [0.1, 0.15) is 10.8 Å². The number of nitrogens with one attached hydrogen (secondary N) is 1. The second-order valence-electron chi connectivity index (χ2n) is 3.75. The van der Waals surface area contributed by atoms with Crippen LogP contribution in [0.25, 0.3) is 0 Å². The lowest BCUT2D eigenvalue weighted by Crippen LogP contribution is -2.14. The topological polar surface area (TPSA) is 75.1 Å². The standard InChI is InChI=1S/C12H13N3O2S/c1-2-11-14-15-12(18-11)13-10(17)7-8-3-5-9(16)6-4-8/h3-6,16H,2,7H2,1H3,(H,13,15,17). The Balaban J connectivity index is 1.94. The van der Waals surface area contributed by atoms with Crippen molar-refractivity contribution in [3.05, 3.63) is 34.8 Å². The first-order valence-corrected chi connectivity index (χ1v) is 6.39. The Bertz CT molecular complexity index is 537. The maximum Gasteiger partial charge on any atom is 0.230 e. The van der Waals surface area contributed by atoms with Crippen molar-refractivity contribution in [1.29, 1.82) is 0 Å². The summed E-state index contributed by atoms with van der Waals surface area (Å²) in [5.41, 5.74) is 0.838. The van der Waals surface area contributed by atoms with E-state index in [4.69, 9.17) is 5.11 Å². The molecule has 5 nitrogen and oxygen atoms in total. The maximum atomic E-state index is 11.7. The van der Waals surface area contributed by atoms with Gasteiger partial charge < -0.3 is 10.4 Å². The number of aromatic nitrogens is 2. The summed E-state index contributed by atoms with van der Waals surface area (Å²) in [5, 5.41) is 21.1. The highest BCUT2D eigenvalue weighted by molar-refractivity contribution is 7.15. The minimum absolute atomic E-state index is 0.139. The number of amides is 1. The zero-order chi connectivity index (χ0) is 13.0. The van der Waals surface area contributed by atoms with Gasteiger partial charge in [0.05, 0.1) is 6.42 Å². The summed E-state index contributed by atoms with van der Waals surface area (Å²) in [6.45, 7) is 1.99. The Kier molecular flexibility index (Phi) is 3.88. The predicted molar refractivity (Wildman–Crippen MR) is 69.7 cm³/mol. The molecule has 2 N–H and O–H groups in total. The van der Waals surface area contributed by atoms with E-state index in [0.717, 1.165) is 17.0 Å². The van der Waals surface area contributed by atoms with Crippen molar-refractivity contribution < 1.29 is 9.90 Å². The number of hydrogen-bond acceptors (Lipinski definition) is 5. The van der Waals surface area contributed by atoms with Crippen LogP contribution < -0.4 is 5.32 Å². The number of aryl methyl sites for hydroxylation is 1. The van der Waals surface area contributed by atoms with E-state index in [9.17, 15) is 4.79 Å². The molecule has 6 heteroatoms. The fourth-order valence-corrected chi connectivity index (χ4v) is 2.11. The molecule has 0 aliphatic rings. The van der Waals surface area contributed by atoms with E-state index < -0.39 is 0 Å². The fourth-order valence-electron chi connectivity index (χ4n) is 1.41. The lowest BCUT2D eigenvalue weighted by molar-refractivity contribution is -0.115. The van der Waals surface area contributed by atoms with Gasteiger partial charge in [-0.15, -0.1) is 10.2 Å². The van der Waals surface area contributed by atoms with Gasteiger partial charge in [0, 0.05) is 0 Å². The molecule has 0 fully saturated rings. The molecule has 0 saturated carbocycles. The highest BCUT2D eigenvalue weighted by atomic mass is 32.1. The van der Waals surface area contributed by atoms with E-state index in [1.807, 2.05) is 6.92 Å². The molecule has 1 amide bonds. The zero-order valence-electron chi connectivity index (χ0n) is 9.88. The molecule has 0 unspecified atom stereocenters. The zero-order valence-corrected chi connectivity index (χ0v) is 10.7.